The summed E-state index contributed by atoms with van der Waals surface area (Å²) in [5.41, 5.74) is -0.111. The number of aromatic nitrogens is 2. The Bertz CT molecular complexity index is 1130. The molecule has 1 aliphatic rings. The molecule has 2 aromatic heterocycles. The zero-order valence-corrected chi connectivity index (χ0v) is 16.0. The molecule has 0 atom stereocenters. The summed E-state index contributed by atoms with van der Waals surface area (Å²) in [4.78, 5) is 29.5. The van der Waals surface area contributed by atoms with Crippen LogP contribution in [0.25, 0.3) is 21.1 Å². The highest BCUT2D eigenvalue weighted by Crippen LogP contribution is 2.37. The van der Waals surface area contributed by atoms with Crippen molar-refractivity contribution < 1.29 is 4.39 Å². The monoisotopic (exact) mass is 396 g/mol. The summed E-state index contributed by atoms with van der Waals surface area (Å²) in [6.07, 6.45) is 0. The smallest absolute Gasteiger partial charge is 0.271 e. The number of hydrogen-bond donors (Lipinski definition) is 1. The van der Waals surface area contributed by atoms with E-state index < -0.39 is 16.8 Å². The first-order valence-corrected chi connectivity index (χ1v) is 9.62. The highest BCUT2D eigenvalue weighted by Gasteiger charge is 2.25. The second-order valence-electron chi connectivity index (χ2n) is 6.49. The van der Waals surface area contributed by atoms with E-state index in [4.69, 9.17) is 11.6 Å². The number of benzene rings is 1. The van der Waals surface area contributed by atoms with Gasteiger partial charge >= 0.3 is 0 Å². The molecule has 0 spiro atoms. The summed E-state index contributed by atoms with van der Waals surface area (Å²) >= 11 is 7.74. The lowest BCUT2D eigenvalue weighted by Crippen LogP contribution is -2.45. The molecular formula is C17H18ClFN4O2S. The second-order valence-corrected chi connectivity index (χ2v) is 7.67. The van der Waals surface area contributed by atoms with Gasteiger partial charge in [0.25, 0.3) is 5.56 Å². The van der Waals surface area contributed by atoms with Crippen molar-refractivity contribution in [2.24, 2.45) is 0 Å². The number of nitrogens with zero attached hydrogens (tertiary/aromatic N) is 3. The van der Waals surface area contributed by atoms with Crippen LogP contribution in [0, 0.1) is 5.82 Å². The molecule has 1 N–H and O–H groups in total. The molecule has 4 rings (SSSR count). The van der Waals surface area contributed by atoms with Crippen LogP contribution in [-0.4, -0.2) is 47.1 Å². The Labute approximate surface area is 157 Å². The highest BCUT2D eigenvalue weighted by atomic mass is 35.5. The van der Waals surface area contributed by atoms with Gasteiger partial charge in [-0.05, 0) is 31.6 Å². The van der Waals surface area contributed by atoms with E-state index in [2.05, 4.69) is 9.27 Å². The van der Waals surface area contributed by atoms with Gasteiger partial charge in [-0.1, -0.05) is 11.6 Å². The first-order chi connectivity index (χ1) is 12.4. The number of rotatable bonds is 2. The van der Waals surface area contributed by atoms with Crippen LogP contribution in [0.5, 0.6) is 0 Å². The lowest BCUT2D eigenvalue weighted by atomic mass is 10.1. The van der Waals surface area contributed by atoms with Crippen molar-refractivity contribution in [3.8, 4) is 0 Å². The van der Waals surface area contributed by atoms with E-state index in [9.17, 15) is 14.0 Å². The molecular weight excluding hydrogens is 379 g/mol. The van der Waals surface area contributed by atoms with E-state index in [1.807, 2.05) is 23.4 Å². The van der Waals surface area contributed by atoms with Crippen molar-refractivity contribution in [2.75, 3.05) is 38.1 Å². The maximum atomic E-state index is 14.9. The number of likely N-dealkylation sites (N-methyl/N-ethyl adjacent to an activating group) is 1. The number of pyridine rings is 1. The van der Waals surface area contributed by atoms with Gasteiger partial charge in [0.2, 0.25) is 5.43 Å². The molecule has 3 heterocycles. The van der Waals surface area contributed by atoms with E-state index >= 15 is 0 Å². The topological polar surface area (TPSA) is 61.3 Å². The molecule has 138 valence electrons. The zero-order chi connectivity index (χ0) is 18.6. The third-order valence-electron chi connectivity index (χ3n) is 4.97. The Morgan fingerprint density at radius 1 is 1.27 bits per heavy atom. The second kappa shape index (κ2) is 6.37. The van der Waals surface area contributed by atoms with Gasteiger partial charge in [-0.3, -0.25) is 14.0 Å². The molecule has 0 unspecified atom stereocenters. The number of nitrogens with one attached hydrogen (secondary N) is 1. The number of aromatic amines is 1. The van der Waals surface area contributed by atoms with Gasteiger partial charge in [0, 0.05) is 32.7 Å². The quantitative estimate of drug-likeness (QED) is 0.723. The molecule has 0 aliphatic carbocycles. The number of anilines is 1. The van der Waals surface area contributed by atoms with Crippen molar-refractivity contribution in [2.45, 2.75) is 13.5 Å². The molecule has 1 aromatic carbocycles. The number of piperazine rings is 1. The van der Waals surface area contributed by atoms with Crippen LogP contribution < -0.4 is 15.9 Å². The molecule has 0 saturated carbocycles. The third kappa shape index (κ3) is 2.47. The average Bonchev–Trinajstić information content (AvgIpc) is 3.00. The Morgan fingerprint density at radius 2 is 1.96 bits per heavy atom. The summed E-state index contributed by atoms with van der Waals surface area (Å²) < 4.78 is 19.3. The van der Waals surface area contributed by atoms with Gasteiger partial charge in [0.15, 0.2) is 0 Å². The largest absolute Gasteiger partial charge is 0.365 e. The van der Waals surface area contributed by atoms with Crippen LogP contribution in [-0.2, 0) is 6.54 Å². The van der Waals surface area contributed by atoms with E-state index in [-0.39, 0.29) is 15.8 Å². The van der Waals surface area contributed by atoms with Crippen molar-refractivity contribution >= 4 is 49.9 Å². The molecule has 0 bridgehead atoms. The maximum Gasteiger partial charge on any atom is 0.271 e. The molecule has 1 saturated heterocycles. The van der Waals surface area contributed by atoms with Gasteiger partial charge in [-0.15, -0.1) is 0 Å². The van der Waals surface area contributed by atoms with Crippen LogP contribution in [0.2, 0.25) is 5.02 Å². The Hall–Kier alpha value is -1.90. The highest BCUT2D eigenvalue weighted by molar-refractivity contribution is 7.12. The number of fused-ring (bicyclic) bond motifs is 2. The first kappa shape index (κ1) is 17.5. The number of halogens is 2. The van der Waals surface area contributed by atoms with Crippen molar-refractivity contribution in [1.29, 1.82) is 0 Å². The van der Waals surface area contributed by atoms with Crippen molar-refractivity contribution in [3.63, 3.8) is 0 Å². The molecule has 0 amide bonds. The fourth-order valence-corrected chi connectivity index (χ4v) is 4.90. The number of H-pyrrole nitrogens is 1. The normalized spacial score (nSPS) is 16.1. The van der Waals surface area contributed by atoms with E-state index in [0.717, 1.165) is 24.6 Å². The van der Waals surface area contributed by atoms with E-state index in [1.165, 1.54) is 6.07 Å². The van der Waals surface area contributed by atoms with Crippen molar-refractivity contribution in [3.05, 3.63) is 37.5 Å². The summed E-state index contributed by atoms with van der Waals surface area (Å²) in [6.45, 7) is 5.36. The average molecular weight is 397 g/mol. The van der Waals surface area contributed by atoms with Gasteiger partial charge in [0.1, 0.15) is 16.0 Å². The van der Waals surface area contributed by atoms with E-state index in [0.29, 0.717) is 35.7 Å². The molecule has 6 nitrogen and oxygen atoms in total. The van der Waals surface area contributed by atoms with E-state index in [1.54, 1.807) is 0 Å². The molecule has 1 aliphatic heterocycles. The fourth-order valence-electron chi connectivity index (χ4n) is 3.58. The SMILES string of the molecule is CCn1c2s[nH]c(=O)c2c(=O)c2cc(F)c(N3CCN(C)CC3)c(Cl)c21. The number of hydrogen-bond acceptors (Lipinski definition) is 5. The summed E-state index contributed by atoms with van der Waals surface area (Å²) in [7, 11) is 2.02. The van der Waals surface area contributed by atoms with Crippen LogP contribution >= 0.6 is 23.1 Å². The predicted molar refractivity (Wildman–Crippen MR) is 105 cm³/mol. The maximum absolute atomic E-state index is 14.9. The predicted octanol–water partition coefficient (Wildman–Crippen LogP) is 2.47. The van der Waals surface area contributed by atoms with Gasteiger partial charge in [-0.25, -0.2) is 4.39 Å². The van der Waals surface area contributed by atoms with Gasteiger partial charge in [-0.2, -0.15) is 0 Å². The van der Waals surface area contributed by atoms with Crippen LogP contribution in [0.1, 0.15) is 6.92 Å². The van der Waals surface area contributed by atoms with Crippen molar-refractivity contribution in [1.82, 2.24) is 13.8 Å². The fraction of sp³-hybridized carbons (Fsp3) is 0.412. The Morgan fingerprint density at radius 3 is 2.62 bits per heavy atom. The third-order valence-corrected chi connectivity index (χ3v) is 6.24. The van der Waals surface area contributed by atoms with Crippen LogP contribution in [0.3, 0.4) is 0 Å². The number of aryl methyl sites for hydroxylation is 1. The minimum absolute atomic E-state index is 0.0622. The molecule has 9 heteroatoms. The molecule has 0 radical (unpaired) electrons. The zero-order valence-electron chi connectivity index (χ0n) is 14.4. The molecule has 26 heavy (non-hydrogen) atoms. The van der Waals surface area contributed by atoms with Crippen LogP contribution in [0.15, 0.2) is 15.7 Å². The Kier molecular flexibility index (Phi) is 4.29. The van der Waals surface area contributed by atoms with Crippen LogP contribution in [0.4, 0.5) is 10.1 Å². The first-order valence-electron chi connectivity index (χ1n) is 8.43. The summed E-state index contributed by atoms with van der Waals surface area (Å²) in [5, 5.41) is 0.432. The molecule has 3 aromatic rings. The van der Waals surface area contributed by atoms with Gasteiger partial charge < -0.3 is 14.4 Å². The molecule has 1 fully saturated rings. The lowest BCUT2D eigenvalue weighted by molar-refractivity contribution is 0.312. The lowest BCUT2D eigenvalue weighted by Gasteiger charge is -2.35. The summed E-state index contributed by atoms with van der Waals surface area (Å²) in [5.74, 6) is -0.530. The standard InChI is InChI=1S/C17H18ClFN4O2S/c1-3-23-13-9(15(24)11-16(25)20-26-17(11)23)8-10(19)14(12(13)18)22-6-4-21(2)5-7-22/h8H,3-7H2,1-2H3,(H,20,25). The minimum atomic E-state index is -0.530. The van der Waals surface area contributed by atoms with Gasteiger partial charge in [0.05, 0.1) is 21.6 Å². The minimum Gasteiger partial charge on any atom is -0.365 e. The Balaban J connectivity index is 2.07. The summed E-state index contributed by atoms with van der Waals surface area (Å²) in [6, 6.07) is 1.22.